The van der Waals surface area contributed by atoms with E-state index in [-0.39, 0.29) is 29.2 Å². The maximum atomic E-state index is 13.0. The van der Waals surface area contributed by atoms with Crippen molar-refractivity contribution in [2.75, 3.05) is 17.7 Å². The number of amides is 1. The summed E-state index contributed by atoms with van der Waals surface area (Å²) in [6.45, 7) is 5.15. The molecule has 2 aromatic rings. The number of hydrogen-bond donors (Lipinski definition) is 2. The molecule has 1 aliphatic rings. The second-order valence-corrected chi connectivity index (χ2v) is 9.23. The Balaban J connectivity index is 1.87. The van der Waals surface area contributed by atoms with E-state index in [9.17, 15) is 28.0 Å². The Morgan fingerprint density at radius 2 is 1.97 bits per heavy atom. The SMILES string of the molecule is C=CCOC(=O)C1=C(C)NC(SCC(=O)Nc2cccc(C(F)(F)F)c2)=C(C#N)C1c1ccc(Cl)cc1. The summed E-state index contributed by atoms with van der Waals surface area (Å²) in [4.78, 5) is 25.4. The summed E-state index contributed by atoms with van der Waals surface area (Å²) >= 11 is 7.00. The van der Waals surface area contributed by atoms with Gasteiger partial charge in [0.05, 0.1) is 39.5 Å². The van der Waals surface area contributed by atoms with Gasteiger partial charge in [-0.3, -0.25) is 4.79 Å². The zero-order chi connectivity index (χ0) is 27.2. The van der Waals surface area contributed by atoms with Gasteiger partial charge in [-0.2, -0.15) is 18.4 Å². The molecule has 11 heteroatoms. The lowest BCUT2D eigenvalue weighted by Crippen LogP contribution is -2.29. The number of thioether (sulfide) groups is 1. The predicted molar refractivity (Wildman–Crippen MR) is 136 cm³/mol. The first kappa shape index (κ1) is 27.9. The van der Waals surface area contributed by atoms with Crippen LogP contribution in [-0.2, 0) is 20.5 Å². The molecule has 1 amide bonds. The van der Waals surface area contributed by atoms with Crippen LogP contribution in [0.2, 0.25) is 5.02 Å². The van der Waals surface area contributed by atoms with Crippen LogP contribution in [0.25, 0.3) is 0 Å². The maximum absolute atomic E-state index is 13.0. The standard InChI is InChI=1S/C26H21ClF3N3O3S/c1-3-11-36-25(35)22-15(2)32-24(20(13-31)23(22)16-7-9-18(27)10-8-16)37-14-21(34)33-19-6-4-5-17(12-19)26(28,29)30/h3-10,12,23,32H,1,11,14H2,2H3,(H,33,34). The quantitative estimate of drug-likeness (QED) is 0.304. The van der Waals surface area contributed by atoms with Crippen molar-refractivity contribution >= 4 is 40.9 Å². The van der Waals surface area contributed by atoms with Crippen molar-refractivity contribution in [3.05, 3.63) is 99.2 Å². The number of ether oxygens (including phenoxy) is 1. The lowest BCUT2D eigenvalue weighted by Gasteiger charge is -2.29. The van der Waals surface area contributed by atoms with Crippen molar-refractivity contribution in [2.45, 2.75) is 19.0 Å². The molecule has 0 spiro atoms. The number of anilines is 1. The van der Waals surface area contributed by atoms with E-state index in [1.54, 1.807) is 31.2 Å². The molecular weight excluding hydrogens is 527 g/mol. The number of allylic oxidation sites excluding steroid dienone is 2. The Hall–Kier alpha value is -3.68. The number of nitrogens with zero attached hydrogens (tertiary/aromatic N) is 1. The highest BCUT2D eigenvalue weighted by Gasteiger charge is 2.36. The van der Waals surface area contributed by atoms with Crippen LogP contribution in [-0.4, -0.2) is 24.2 Å². The van der Waals surface area contributed by atoms with Crippen LogP contribution >= 0.6 is 23.4 Å². The predicted octanol–water partition coefficient (Wildman–Crippen LogP) is 6.16. The van der Waals surface area contributed by atoms with Crippen LogP contribution in [0.1, 0.15) is 24.0 Å². The van der Waals surface area contributed by atoms with E-state index < -0.39 is 29.5 Å². The van der Waals surface area contributed by atoms with Gasteiger partial charge in [-0.05, 0) is 42.8 Å². The lowest BCUT2D eigenvalue weighted by atomic mass is 9.82. The van der Waals surface area contributed by atoms with Crippen molar-refractivity contribution in [2.24, 2.45) is 0 Å². The summed E-state index contributed by atoms with van der Waals surface area (Å²) in [5.41, 5.74) is 0.541. The third-order valence-corrected chi connectivity index (χ3v) is 6.49. The highest BCUT2D eigenvalue weighted by atomic mass is 35.5. The maximum Gasteiger partial charge on any atom is 0.416 e. The molecule has 2 aromatic carbocycles. The molecule has 1 heterocycles. The van der Waals surface area contributed by atoms with E-state index in [0.717, 1.165) is 23.9 Å². The van der Waals surface area contributed by atoms with Crippen molar-refractivity contribution < 1.29 is 27.5 Å². The lowest BCUT2D eigenvalue weighted by molar-refractivity contribution is -0.138. The molecule has 0 bridgehead atoms. The minimum Gasteiger partial charge on any atom is -0.458 e. The first-order chi connectivity index (χ1) is 17.5. The molecule has 0 aromatic heterocycles. The second-order valence-electron chi connectivity index (χ2n) is 7.81. The van der Waals surface area contributed by atoms with E-state index in [0.29, 0.717) is 21.3 Å². The number of carbonyl (C=O) groups excluding carboxylic acids is 2. The number of dihydropyridines is 1. The van der Waals surface area contributed by atoms with Crippen LogP contribution in [0.15, 0.2) is 83.1 Å². The zero-order valence-corrected chi connectivity index (χ0v) is 21.1. The van der Waals surface area contributed by atoms with Crippen molar-refractivity contribution in [1.29, 1.82) is 5.26 Å². The first-order valence-corrected chi connectivity index (χ1v) is 12.2. The normalized spacial score (nSPS) is 15.5. The van der Waals surface area contributed by atoms with E-state index in [1.807, 2.05) is 0 Å². The van der Waals surface area contributed by atoms with E-state index >= 15 is 0 Å². The second kappa shape index (κ2) is 12.0. The van der Waals surface area contributed by atoms with Gasteiger partial charge in [0.15, 0.2) is 0 Å². The number of hydrogen-bond acceptors (Lipinski definition) is 6. The van der Waals surface area contributed by atoms with Gasteiger partial charge in [0.25, 0.3) is 0 Å². The monoisotopic (exact) mass is 547 g/mol. The molecule has 0 saturated heterocycles. The number of carbonyl (C=O) groups is 2. The average molecular weight is 548 g/mol. The highest BCUT2D eigenvalue weighted by molar-refractivity contribution is 8.03. The van der Waals surface area contributed by atoms with Gasteiger partial charge in [-0.15, -0.1) is 0 Å². The number of nitrogens with one attached hydrogen (secondary N) is 2. The Bertz CT molecular complexity index is 1310. The van der Waals surface area contributed by atoms with E-state index in [4.69, 9.17) is 16.3 Å². The van der Waals surface area contributed by atoms with Gasteiger partial charge in [0, 0.05) is 16.4 Å². The van der Waals surface area contributed by atoms with Gasteiger partial charge >= 0.3 is 12.1 Å². The van der Waals surface area contributed by atoms with Gasteiger partial charge in [0.2, 0.25) is 5.91 Å². The number of nitriles is 1. The number of esters is 1. The largest absolute Gasteiger partial charge is 0.458 e. The average Bonchev–Trinajstić information content (AvgIpc) is 2.85. The molecule has 1 unspecified atom stereocenters. The molecule has 0 saturated carbocycles. The molecule has 0 fully saturated rings. The Morgan fingerprint density at radius 3 is 2.59 bits per heavy atom. The number of alkyl halides is 3. The van der Waals surface area contributed by atoms with Crippen molar-refractivity contribution in [1.82, 2.24) is 5.32 Å². The first-order valence-electron chi connectivity index (χ1n) is 10.8. The molecule has 3 rings (SSSR count). The molecule has 1 aliphatic heterocycles. The summed E-state index contributed by atoms with van der Waals surface area (Å²) in [5.74, 6) is -2.21. The molecule has 192 valence electrons. The van der Waals surface area contributed by atoms with Gasteiger partial charge in [0.1, 0.15) is 6.61 Å². The van der Waals surface area contributed by atoms with Crippen LogP contribution in [0.3, 0.4) is 0 Å². The summed E-state index contributed by atoms with van der Waals surface area (Å²) in [5, 5.41) is 16.3. The Kier molecular flexibility index (Phi) is 9.08. The third kappa shape index (κ3) is 6.96. The minimum atomic E-state index is -4.54. The fraction of sp³-hybridized carbons (Fsp3) is 0.192. The number of benzene rings is 2. The molecule has 0 aliphatic carbocycles. The van der Waals surface area contributed by atoms with Crippen molar-refractivity contribution in [3.63, 3.8) is 0 Å². The molecule has 37 heavy (non-hydrogen) atoms. The Morgan fingerprint density at radius 1 is 1.27 bits per heavy atom. The number of rotatable bonds is 8. The van der Waals surface area contributed by atoms with Gasteiger partial charge in [-0.1, -0.05) is 54.2 Å². The van der Waals surface area contributed by atoms with Gasteiger partial charge in [-0.25, -0.2) is 4.79 Å². The van der Waals surface area contributed by atoms with Crippen LogP contribution in [0.5, 0.6) is 0 Å². The summed E-state index contributed by atoms with van der Waals surface area (Å²) in [6, 6.07) is 13.0. The third-order valence-electron chi connectivity index (χ3n) is 5.22. The van der Waals surface area contributed by atoms with Crippen LogP contribution in [0, 0.1) is 11.3 Å². The molecule has 2 N–H and O–H groups in total. The zero-order valence-electron chi connectivity index (χ0n) is 19.5. The van der Waals surface area contributed by atoms with Crippen LogP contribution < -0.4 is 10.6 Å². The Labute approximate surface area is 220 Å². The molecule has 6 nitrogen and oxygen atoms in total. The van der Waals surface area contributed by atoms with Crippen molar-refractivity contribution in [3.8, 4) is 6.07 Å². The smallest absolute Gasteiger partial charge is 0.416 e. The number of halogens is 4. The summed E-state index contributed by atoms with van der Waals surface area (Å²) in [7, 11) is 0. The molecular formula is C26H21ClF3N3O3S. The molecule has 0 radical (unpaired) electrons. The fourth-order valence-electron chi connectivity index (χ4n) is 3.61. The highest BCUT2D eigenvalue weighted by Crippen LogP contribution is 2.41. The van der Waals surface area contributed by atoms with E-state index in [2.05, 4.69) is 23.3 Å². The van der Waals surface area contributed by atoms with E-state index in [1.165, 1.54) is 18.2 Å². The topological polar surface area (TPSA) is 91.2 Å². The minimum absolute atomic E-state index is 0.00566. The fourth-order valence-corrected chi connectivity index (χ4v) is 4.62. The summed E-state index contributed by atoms with van der Waals surface area (Å²) in [6.07, 6.45) is -3.12. The van der Waals surface area contributed by atoms with Gasteiger partial charge < -0.3 is 15.4 Å². The summed E-state index contributed by atoms with van der Waals surface area (Å²) < 4.78 is 44.1. The molecule has 1 atom stereocenters. The van der Waals surface area contributed by atoms with Crippen LogP contribution in [0.4, 0.5) is 18.9 Å².